The Hall–Kier alpha value is -2.57. The van der Waals surface area contributed by atoms with Crippen LogP contribution in [0.1, 0.15) is 43.8 Å². The minimum Gasteiger partial charge on any atom is -0.480 e. The van der Waals surface area contributed by atoms with Gasteiger partial charge in [-0.3, -0.25) is 14.2 Å². The van der Waals surface area contributed by atoms with Gasteiger partial charge in [0.2, 0.25) is 0 Å². The summed E-state index contributed by atoms with van der Waals surface area (Å²) in [6.07, 6.45) is -1.76. The number of aromatic nitrogens is 2. The van der Waals surface area contributed by atoms with E-state index in [1.165, 1.54) is 6.07 Å². The van der Waals surface area contributed by atoms with Gasteiger partial charge in [-0.25, -0.2) is 4.39 Å². The Morgan fingerprint density at radius 1 is 1.31 bits per heavy atom. The van der Waals surface area contributed by atoms with Gasteiger partial charge in [-0.1, -0.05) is 11.6 Å². The van der Waals surface area contributed by atoms with E-state index in [-0.39, 0.29) is 41.6 Å². The minimum absolute atomic E-state index is 0.0272. The molecule has 0 radical (unpaired) electrons. The largest absolute Gasteiger partial charge is 0.522 e. The summed E-state index contributed by atoms with van der Waals surface area (Å²) in [4.78, 5) is 14.7. The van der Waals surface area contributed by atoms with Crippen LogP contribution in [0.2, 0.25) is 5.02 Å². The minimum atomic E-state index is -4.65. The molecule has 194 valence electrons. The van der Waals surface area contributed by atoms with Crippen molar-refractivity contribution < 1.29 is 36.9 Å². The first kappa shape index (κ1) is 23.8. The van der Waals surface area contributed by atoms with Gasteiger partial charge < -0.3 is 20.1 Å². The topological polar surface area (TPSA) is 88.9 Å². The van der Waals surface area contributed by atoms with E-state index in [9.17, 15) is 27.5 Å². The smallest absolute Gasteiger partial charge is 0.480 e. The summed E-state index contributed by atoms with van der Waals surface area (Å²) in [5.41, 5.74) is 0.440. The van der Waals surface area contributed by atoms with Crippen LogP contribution in [0.25, 0.3) is 0 Å². The molecule has 0 unspecified atom stereocenters. The van der Waals surface area contributed by atoms with Crippen molar-refractivity contribution in [1.29, 1.82) is 0 Å². The Labute approximate surface area is 208 Å². The van der Waals surface area contributed by atoms with Crippen LogP contribution in [0.4, 0.5) is 23.2 Å². The van der Waals surface area contributed by atoms with Gasteiger partial charge in [-0.05, 0) is 31.7 Å². The van der Waals surface area contributed by atoms with E-state index >= 15 is 0 Å². The first-order chi connectivity index (χ1) is 16.9. The molecule has 8 nitrogen and oxygen atoms in total. The van der Waals surface area contributed by atoms with Gasteiger partial charge in [-0.2, -0.15) is 5.10 Å². The maximum absolute atomic E-state index is 13.8. The van der Waals surface area contributed by atoms with Crippen molar-refractivity contribution in [3.63, 3.8) is 0 Å². The second kappa shape index (κ2) is 7.96. The highest BCUT2D eigenvalue weighted by Crippen LogP contribution is 2.65. The fourth-order valence-electron chi connectivity index (χ4n) is 6.03. The molecule has 3 aliphatic carbocycles. The van der Waals surface area contributed by atoms with Gasteiger partial charge >= 0.3 is 6.36 Å². The van der Waals surface area contributed by atoms with Gasteiger partial charge in [0.15, 0.2) is 6.10 Å². The van der Waals surface area contributed by atoms with Crippen LogP contribution in [0.15, 0.2) is 24.5 Å². The van der Waals surface area contributed by atoms with Gasteiger partial charge in [0.25, 0.3) is 5.91 Å². The molecule has 2 aliphatic heterocycles. The molecule has 1 aromatic carbocycles. The molecule has 13 heteroatoms. The molecule has 3 heterocycles. The van der Waals surface area contributed by atoms with E-state index in [1.807, 2.05) is 15.8 Å². The first-order valence-corrected chi connectivity index (χ1v) is 12.0. The molecule has 0 spiro atoms. The van der Waals surface area contributed by atoms with Crippen LogP contribution in [0.5, 0.6) is 5.75 Å². The number of fused-ring (bicyclic) bond motifs is 1. The molecule has 4 fully saturated rings. The van der Waals surface area contributed by atoms with Crippen molar-refractivity contribution in [3.05, 3.63) is 40.9 Å². The molecule has 3 atom stereocenters. The molecular weight excluding hydrogens is 508 g/mol. The predicted molar refractivity (Wildman–Crippen MR) is 118 cm³/mol. The summed E-state index contributed by atoms with van der Waals surface area (Å²) in [7, 11) is 0. The number of nitrogens with one attached hydrogen (secondary N) is 1. The normalized spacial score (nSPS) is 32.8. The molecule has 2 aromatic rings. The van der Waals surface area contributed by atoms with Crippen LogP contribution in [-0.2, 0) is 15.1 Å². The highest BCUT2D eigenvalue weighted by atomic mass is 35.5. The lowest BCUT2D eigenvalue weighted by Crippen LogP contribution is -2.79. The third-order valence-electron chi connectivity index (χ3n) is 7.67. The fraction of sp³-hybridized carbons (Fsp3) is 0.565. The number of hydrogen-bond acceptors (Lipinski definition) is 6. The Morgan fingerprint density at radius 3 is 2.78 bits per heavy atom. The lowest BCUT2D eigenvalue weighted by molar-refractivity contribution is -0.339. The molecule has 2 N–H and O–H groups in total. The van der Waals surface area contributed by atoms with Crippen LogP contribution in [-0.4, -0.2) is 58.0 Å². The number of halogens is 5. The van der Waals surface area contributed by atoms with E-state index in [4.69, 9.17) is 16.3 Å². The lowest BCUT2D eigenvalue weighted by Gasteiger charge is -2.70. The number of aliphatic hydroxyl groups excluding tert-OH is 1. The number of hydrogen-bond donors (Lipinski definition) is 2. The van der Waals surface area contributed by atoms with Crippen LogP contribution in [0.3, 0.4) is 0 Å². The molecule has 3 saturated carbocycles. The van der Waals surface area contributed by atoms with E-state index in [0.29, 0.717) is 31.4 Å². The number of ether oxygens (including phenoxy) is 2. The molecule has 2 bridgehead atoms. The Balaban J connectivity index is 1.05. The zero-order chi connectivity index (χ0) is 25.5. The fourth-order valence-corrected chi connectivity index (χ4v) is 6.21. The molecule has 1 saturated heterocycles. The van der Waals surface area contributed by atoms with Gasteiger partial charge in [0.05, 0.1) is 34.7 Å². The molecule has 1 aromatic heterocycles. The second-order valence-electron chi connectivity index (χ2n) is 10.2. The highest BCUT2D eigenvalue weighted by molar-refractivity contribution is 6.30. The standard InChI is InChI=1S/C23H23ClF4N4O4/c24-15-3-14-17(33)5-19(35-18(14)4-16(15)25)20(34)30-21-9-22(10-21,11-21)32-7-12(6-29-32)31-2-1-13(8-31)36-23(26,27)28/h3-4,6-7,13,17,19,33H,1-2,5,8-11H2,(H,30,34)/t13-,17-,19+,21?,22?/m1/s1. The number of alkyl halides is 3. The molecule has 7 rings (SSSR count). The quantitative estimate of drug-likeness (QED) is 0.576. The second-order valence-corrected chi connectivity index (χ2v) is 10.7. The maximum Gasteiger partial charge on any atom is 0.522 e. The number of aliphatic hydroxyl groups is 1. The van der Waals surface area contributed by atoms with E-state index in [2.05, 4.69) is 15.2 Å². The third kappa shape index (κ3) is 3.99. The van der Waals surface area contributed by atoms with E-state index in [1.54, 1.807) is 6.20 Å². The van der Waals surface area contributed by atoms with Gasteiger partial charge in [0.1, 0.15) is 11.6 Å². The number of anilines is 1. The average Bonchev–Trinajstić information content (AvgIpc) is 3.39. The molecule has 1 amide bonds. The monoisotopic (exact) mass is 530 g/mol. The summed E-state index contributed by atoms with van der Waals surface area (Å²) < 4.78 is 62.9. The molecule has 5 aliphatic rings. The van der Waals surface area contributed by atoms with Gasteiger partial charge in [-0.15, -0.1) is 13.2 Å². The van der Waals surface area contributed by atoms with Crippen LogP contribution < -0.4 is 15.0 Å². The SMILES string of the molecule is O=C(NC12CC(n3cc(N4CC[C@@H](OC(F)(F)F)C4)cn3)(C1)C2)[C@@H]1C[C@@H](O)c2cc(Cl)c(F)cc2O1. The van der Waals surface area contributed by atoms with Crippen molar-refractivity contribution >= 4 is 23.2 Å². The summed E-state index contributed by atoms with van der Waals surface area (Å²) in [6, 6.07) is 2.38. The maximum atomic E-state index is 13.8. The molecule has 36 heavy (non-hydrogen) atoms. The van der Waals surface area contributed by atoms with Crippen molar-refractivity contribution in [1.82, 2.24) is 15.1 Å². The number of rotatable bonds is 5. The number of amides is 1. The Kier molecular flexibility index (Phi) is 5.27. The predicted octanol–water partition coefficient (Wildman–Crippen LogP) is 3.42. The zero-order valence-corrected chi connectivity index (χ0v) is 19.7. The number of carbonyl (C=O) groups excluding carboxylic acids is 1. The summed E-state index contributed by atoms with van der Waals surface area (Å²) in [6.45, 7) is 0.594. The van der Waals surface area contributed by atoms with Crippen molar-refractivity contribution in [2.24, 2.45) is 0 Å². The van der Waals surface area contributed by atoms with Crippen LogP contribution >= 0.6 is 11.6 Å². The molecular formula is C23H23ClF4N4O4. The van der Waals surface area contributed by atoms with Crippen molar-refractivity contribution in [3.8, 4) is 5.75 Å². The Bertz CT molecular complexity index is 1200. The van der Waals surface area contributed by atoms with Gasteiger partial charge in [0, 0.05) is 42.9 Å². The summed E-state index contributed by atoms with van der Waals surface area (Å²) in [5.74, 6) is -0.975. The summed E-state index contributed by atoms with van der Waals surface area (Å²) >= 11 is 5.78. The van der Waals surface area contributed by atoms with E-state index < -0.39 is 36.0 Å². The lowest BCUT2D eigenvalue weighted by atomic mass is 9.44. The van der Waals surface area contributed by atoms with Crippen LogP contribution in [0, 0.1) is 5.82 Å². The highest BCUT2D eigenvalue weighted by Gasteiger charge is 2.70. The zero-order valence-electron chi connectivity index (χ0n) is 18.9. The van der Waals surface area contributed by atoms with Crippen molar-refractivity contribution in [2.75, 3.05) is 18.0 Å². The average molecular weight is 531 g/mol. The Morgan fingerprint density at radius 2 is 2.06 bits per heavy atom. The number of nitrogens with zero attached hydrogens (tertiary/aromatic N) is 3. The number of carbonyl (C=O) groups is 1. The van der Waals surface area contributed by atoms with E-state index in [0.717, 1.165) is 11.8 Å². The third-order valence-corrected chi connectivity index (χ3v) is 7.96. The summed E-state index contributed by atoms with van der Waals surface area (Å²) in [5, 5.41) is 17.7. The first-order valence-electron chi connectivity index (χ1n) is 11.6. The number of benzene rings is 1. The van der Waals surface area contributed by atoms with Crippen molar-refractivity contribution in [2.45, 2.75) is 67.9 Å².